The minimum absolute atomic E-state index is 0.315. The number of hydrogen-bond donors (Lipinski definition) is 2. The van der Waals surface area contributed by atoms with E-state index in [1.807, 2.05) is 25.1 Å². The maximum absolute atomic E-state index is 12.2. The first-order valence-electron chi connectivity index (χ1n) is 8.43. The standard InChI is InChI=1S/C17H22BrN5OS/c1-11-10-12(8-9-14(11)18)19-15(24)20-16-21-22-17(25-16)23(2)13-6-4-3-5-7-13/h8-10,13H,3-7H2,1-2H3,(H2,19,20,21,24). The molecule has 2 N–H and O–H groups in total. The van der Waals surface area contributed by atoms with E-state index in [1.54, 1.807) is 0 Å². The van der Waals surface area contributed by atoms with E-state index in [2.05, 4.69) is 48.7 Å². The van der Waals surface area contributed by atoms with Crippen molar-refractivity contribution in [2.45, 2.75) is 45.1 Å². The molecule has 1 fully saturated rings. The maximum Gasteiger partial charge on any atom is 0.325 e. The largest absolute Gasteiger partial charge is 0.347 e. The van der Waals surface area contributed by atoms with E-state index < -0.39 is 0 Å². The van der Waals surface area contributed by atoms with Crippen LogP contribution in [0.5, 0.6) is 0 Å². The zero-order valence-corrected chi connectivity index (χ0v) is 16.8. The van der Waals surface area contributed by atoms with E-state index in [0.717, 1.165) is 20.9 Å². The first kappa shape index (κ1) is 18.1. The molecule has 1 aliphatic rings. The van der Waals surface area contributed by atoms with Crippen LogP contribution >= 0.6 is 27.3 Å². The van der Waals surface area contributed by atoms with Crippen LogP contribution < -0.4 is 15.5 Å². The van der Waals surface area contributed by atoms with Gasteiger partial charge in [-0.25, -0.2) is 4.79 Å². The summed E-state index contributed by atoms with van der Waals surface area (Å²) in [6.07, 6.45) is 6.26. The summed E-state index contributed by atoms with van der Waals surface area (Å²) in [5, 5.41) is 15.2. The van der Waals surface area contributed by atoms with Gasteiger partial charge < -0.3 is 10.2 Å². The number of aryl methyl sites for hydroxylation is 1. The first-order chi connectivity index (χ1) is 12.0. The average molecular weight is 424 g/mol. The summed E-state index contributed by atoms with van der Waals surface area (Å²) in [6, 6.07) is 5.87. The summed E-state index contributed by atoms with van der Waals surface area (Å²) in [7, 11) is 2.06. The van der Waals surface area contributed by atoms with Crippen LogP contribution in [0.15, 0.2) is 22.7 Å². The molecule has 0 radical (unpaired) electrons. The molecule has 0 bridgehead atoms. The Balaban J connectivity index is 1.58. The molecule has 3 rings (SSSR count). The van der Waals surface area contributed by atoms with Gasteiger partial charge in [0.2, 0.25) is 10.3 Å². The van der Waals surface area contributed by atoms with Gasteiger partial charge in [-0.3, -0.25) is 5.32 Å². The van der Waals surface area contributed by atoms with Gasteiger partial charge in [-0.05, 0) is 43.5 Å². The normalized spacial score (nSPS) is 15.0. The number of rotatable bonds is 4. The number of hydrogen-bond acceptors (Lipinski definition) is 5. The highest BCUT2D eigenvalue weighted by Gasteiger charge is 2.21. The van der Waals surface area contributed by atoms with E-state index in [1.165, 1.54) is 43.4 Å². The number of anilines is 3. The second-order valence-electron chi connectivity index (χ2n) is 6.34. The summed E-state index contributed by atoms with van der Waals surface area (Å²) in [5.41, 5.74) is 1.80. The van der Waals surface area contributed by atoms with Gasteiger partial charge in [0.05, 0.1) is 0 Å². The van der Waals surface area contributed by atoms with Crippen molar-refractivity contribution in [1.82, 2.24) is 10.2 Å². The van der Waals surface area contributed by atoms with Gasteiger partial charge in [0, 0.05) is 23.2 Å². The highest BCUT2D eigenvalue weighted by Crippen LogP contribution is 2.30. The van der Waals surface area contributed by atoms with E-state index in [9.17, 15) is 4.79 Å². The molecule has 0 saturated heterocycles. The summed E-state index contributed by atoms with van der Waals surface area (Å²) >= 11 is 4.85. The zero-order valence-electron chi connectivity index (χ0n) is 14.4. The van der Waals surface area contributed by atoms with Gasteiger partial charge >= 0.3 is 6.03 Å². The predicted octanol–water partition coefficient (Wildman–Crippen LogP) is 5.02. The zero-order chi connectivity index (χ0) is 17.8. The molecule has 0 aliphatic heterocycles. The van der Waals surface area contributed by atoms with E-state index in [0.29, 0.717) is 11.2 Å². The lowest BCUT2D eigenvalue weighted by atomic mass is 9.95. The van der Waals surface area contributed by atoms with Crippen molar-refractivity contribution in [2.24, 2.45) is 0 Å². The van der Waals surface area contributed by atoms with Crippen LogP contribution in [0.4, 0.5) is 20.7 Å². The van der Waals surface area contributed by atoms with Crippen molar-refractivity contribution in [3.05, 3.63) is 28.2 Å². The second-order valence-corrected chi connectivity index (χ2v) is 8.15. The van der Waals surface area contributed by atoms with Gasteiger partial charge in [-0.1, -0.05) is 46.5 Å². The minimum Gasteiger partial charge on any atom is -0.347 e. The van der Waals surface area contributed by atoms with Gasteiger partial charge in [-0.15, -0.1) is 10.2 Å². The fourth-order valence-corrected chi connectivity index (χ4v) is 4.03. The number of nitrogens with zero attached hydrogens (tertiary/aromatic N) is 3. The average Bonchev–Trinajstić information content (AvgIpc) is 3.06. The number of halogens is 1. The molecular formula is C17H22BrN5OS. The number of benzene rings is 1. The Labute approximate surface area is 160 Å². The van der Waals surface area contributed by atoms with E-state index in [-0.39, 0.29) is 6.03 Å². The SMILES string of the molecule is Cc1cc(NC(=O)Nc2nnc(N(C)C3CCCCC3)s2)ccc1Br. The number of amides is 2. The number of carbonyl (C=O) groups excluding carboxylic acids is 1. The molecule has 1 aromatic heterocycles. The van der Waals surface area contributed by atoms with Crippen LogP contribution in [0.1, 0.15) is 37.7 Å². The molecule has 8 heteroatoms. The monoisotopic (exact) mass is 423 g/mol. The Hall–Kier alpha value is -1.67. The number of nitrogens with one attached hydrogen (secondary N) is 2. The van der Waals surface area contributed by atoms with Gasteiger partial charge in [0.15, 0.2) is 0 Å². The van der Waals surface area contributed by atoms with Crippen LogP contribution in [-0.4, -0.2) is 29.3 Å². The predicted molar refractivity (Wildman–Crippen MR) is 107 cm³/mol. The van der Waals surface area contributed by atoms with Crippen LogP contribution in [-0.2, 0) is 0 Å². The molecular weight excluding hydrogens is 402 g/mol. The molecule has 1 heterocycles. The van der Waals surface area contributed by atoms with Crippen LogP contribution in [0.3, 0.4) is 0 Å². The fraction of sp³-hybridized carbons (Fsp3) is 0.471. The Morgan fingerprint density at radius 1 is 1.24 bits per heavy atom. The molecule has 25 heavy (non-hydrogen) atoms. The smallest absolute Gasteiger partial charge is 0.325 e. The summed E-state index contributed by atoms with van der Waals surface area (Å²) in [4.78, 5) is 14.3. The summed E-state index contributed by atoms with van der Waals surface area (Å²) in [5.74, 6) is 0. The van der Waals surface area contributed by atoms with Gasteiger partial charge in [-0.2, -0.15) is 0 Å². The highest BCUT2D eigenvalue weighted by atomic mass is 79.9. The van der Waals surface area contributed by atoms with Crippen LogP contribution in [0.25, 0.3) is 0 Å². The summed E-state index contributed by atoms with van der Waals surface area (Å²) < 4.78 is 1.01. The molecule has 1 aliphatic carbocycles. The molecule has 134 valence electrons. The molecule has 0 unspecified atom stereocenters. The van der Waals surface area contributed by atoms with Crippen molar-refractivity contribution in [3.8, 4) is 0 Å². The molecule has 2 aromatic rings. The van der Waals surface area contributed by atoms with Gasteiger partial charge in [0.1, 0.15) is 0 Å². The molecule has 6 nitrogen and oxygen atoms in total. The Kier molecular flexibility index (Phi) is 5.90. The first-order valence-corrected chi connectivity index (χ1v) is 10.0. The molecule has 0 spiro atoms. The van der Waals surface area contributed by atoms with Crippen molar-refractivity contribution < 1.29 is 4.79 Å². The lowest BCUT2D eigenvalue weighted by Gasteiger charge is -2.30. The molecule has 1 saturated carbocycles. The summed E-state index contributed by atoms with van der Waals surface area (Å²) in [6.45, 7) is 1.98. The number of urea groups is 1. The Morgan fingerprint density at radius 3 is 2.72 bits per heavy atom. The Morgan fingerprint density at radius 2 is 2.00 bits per heavy atom. The third-order valence-corrected chi connectivity index (χ3v) is 6.29. The van der Waals surface area contributed by atoms with E-state index >= 15 is 0 Å². The fourth-order valence-electron chi connectivity index (χ4n) is 3.01. The van der Waals surface area contributed by atoms with E-state index in [4.69, 9.17) is 0 Å². The quantitative estimate of drug-likeness (QED) is 0.723. The third kappa shape index (κ3) is 4.70. The lowest BCUT2D eigenvalue weighted by Crippen LogP contribution is -2.33. The van der Waals surface area contributed by atoms with Crippen molar-refractivity contribution >= 4 is 49.2 Å². The van der Waals surface area contributed by atoms with Crippen LogP contribution in [0.2, 0.25) is 0 Å². The minimum atomic E-state index is -0.315. The molecule has 2 amide bonds. The molecule has 1 aromatic carbocycles. The van der Waals surface area contributed by atoms with Crippen molar-refractivity contribution in [1.29, 1.82) is 0 Å². The van der Waals surface area contributed by atoms with Crippen molar-refractivity contribution in [3.63, 3.8) is 0 Å². The van der Waals surface area contributed by atoms with Crippen molar-refractivity contribution in [2.75, 3.05) is 22.6 Å². The topological polar surface area (TPSA) is 70.1 Å². The van der Waals surface area contributed by atoms with Crippen LogP contribution in [0, 0.1) is 6.92 Å². The molecule has 0 atom stereocenters. The second kappa shape index (κ2) is 8.14. The van der Waals surface area contributed by atoms with Gasteiger partial charge in [0.25, 0.3) is 0 Å². The third-order valence-electron chi connectivity index (χ3n) is 4.47. The Bertz CT molecular complexity index is 744. The highest BCUT2D eigenvalue weighted by molar-refractivity contribution is 9.10. The number of carbonyl (C=O) groups is 1. The maximum atomic E-state index is 12.2. The lowest BCUT2D eigenvalue weighted by molar-refractivity contribution is 0.262. The number of aromatic nitrogens is 2.